The average Bonchev–Trinajstić information content (AvgIpc) is 2.18. The van der Waals surface area contributed by atoms with Crippen LogP contribution in [0.25, 0.3) is 0 Å². The van der Waals surface area contributed by atoms with Crippen LogP contribution in [0.3, 0.4) is 0 Å². The van der Waals surface area contributed by atoms with Crippen LogP contribution in [0.5, 0.6) is 0 Å². The summed E-state index contributed by atoms with van der Waals surface area (Å²) in [6.07, 6.45) is 0. The summed E-state index contributed by atoms with van der Waals surface area (Å²) in [7, 11) is 0. The SMILES string of the molecule is CCOC(=O)[CH]([Na])c1ccccc1. The molecule has 0 aromatic heterocycles. The molecule has 1 aromatic rings. The molecule has 0 aliphatic heterocycles. The Labute approximate surface area is 95.7 Å². The maximum atomic E-state index is 11.4. The third kappa shape index (κ3) is 3.14. The van der Waals surface area contributed by atoms with Crippen molar-refractivity contribution in [1.82, 2.24) is 0 Å². The molecule has 0 aliphatic carbocycles. The molecule has 0 heterocycles. The molecule has 0 aliphatic rings. The van der Waals surface area contributed by atoms with Crippen LogP contribution in [0.15, 0.2) is 30.3 Å². The van der Waals surface area contributed by atoms with Crippen molar-refractivity contribution in [2.24, 2.45) is 0 Å². The predicted molar refractivity (Wildman–Crippen MR) is 51.6 cm³/mol. The van der Waals surface area contributed by atoms with Gasteiger partial charge in [0.2, 0.25) is 0 Å². The van der Waals surface area contributed by atoms with E-state index in [9.17, 15) is 4.79 Å². The Hall–Kier alpha value is -0.310. The van der Waals surface area contributed by atoms with Crippen molar-refractivity contribution in [2.45, 2.75) is 10.1 Å². The Kier molecular flexibility index (Phi) is 4.50. The van der Waals surface area contributed by atoms with Crippen LogP contribution >= 0.6 is 0 Å². The van der Waals surface area contributed by atoms with E-state index in [2.05, 4.69) is 0 Å². The summed E-state index contributed by atoms with van der Waals surface area (Å²) in [5, 5.41) is 0. The number of rotatable bonds is 3. The van der Waals surface area contributed by atoms with Crippen molar-refractivity contribution in [1.29, 1.82) is 0 Å². The summed E-state index contributed by atoms with van der Waals surface area (Å²) in [5.74, 6) is -0.0969. The van der Waals surface area contributed by atoms with Crippen molar-refractivity contribution in [3.8, 4) is 0 Å². The molecule has 1 rings (SSSR count). The molecule has 0 fully saturated rings. The summed E-state index contributed by atoms with van der Waals surface area (Å²) in [6.45, 7) is 2.29. The Balaban J connectivity index is 2.68. The van der Waals surface area contributed by atoms with Crippen LogP contribution in [0.1, 0.15) is 15.7 Å². The fraction of sp³-hybridized carbons (Fsp3) is 0.300. The van der Waals surface area contributed by atoms with Crippen LogP contribution in [0.4, 0.5) is 0 Å². The number of esters is 1. The Morgan fingerprint density at radius 2 is 2.08 bits per heavy atom. The molecule has 3 heteroatoms. The van der Waals surface area contributed by atoms with Gasteiger partial charge in [-0.1, -0.05) is 0 Å². The van der Waals surface area contributed by atoms with Crippen molar-refractivity contribution in [3.63, 3.8) is 0 Å². The topological polar surface area (TPSA) is 26.3 Å². The fourth-order valence-corrected chi connectivity index (χ4v) is 1.70. The maximum absolute atomic E-state index is 11.4. The zero-order chi connectivity index (χ0) is 9.68. The van der Waals surface area contributed by atoms with Gasteiger partial charge in [-0.2, -0.15) is 0 Å². The van der Waals surface area contributed by atoms with Crippen LogP contribution < -0.4 is 0 Å². The van der Waals surface area contributed by atoms with E-state index in [0.29, 0.717) is 6.61 Å². The quantitative estimate of drug-likeness (QED) is 0.527. The third-order valence-electron chi connectivity index (χ3n) is 1.94. The van der Waals surface area contributed by atoms with Crippen LogP contribution in [-0.2, 0) is 9.53 Å². The first-order chi connectivity index (χ1) is 6.25. The molecule has 1 unspecified atom stereocenters. The first kappa shape index (κ1) is 10.8. The summed E-state index contributed by atoms with van der Waals surface area (Å²) < 4.78 is 4.93. The van der Waals surface area contributed by atoms with E-state index < -0.39 is 0 Å². The van der Waals surface area contributed by atoms with E-state index in [0.717, 1.165) is 33.5 Å². The third-order valence-corrected chi connectivity index (χ3v) is 3.08. The number of carbonyl (C=O) groups excluding carboxylic acids is 1. The van der Waals surface area contributed by atoms with Gasteiger partial charge in [-0.25, -0.2) is 0 Å². The summed E-state index contributed by atoms with van der Waals surface area (Å²) in [4.78, 5) is 11.4. The van der Waals surface area contributed by atoms with Crippen molar-refractivity contribution in [3.05, 3.63) is 35.9 Å². The normalized spacial score (nSPS) is 12.2. The monoisotopic (exact) mass is 186 g/mol. The van der Waals surface area contributed by atoms with Gasteiger partial charge in [-0.3, -0.25) is 0 Å². The minimum absolute atomic E-state index is 0.0267. The second-order valence-corrected chi connectivity index (χ2v) is 4.04. The zero-order valence-electron chi connectivity index (χ0n) is 7.99. The molecule has 0 saturated carbocycles. The van der Waals surface area contributed by atoms with Crippen LogP contribution in [0, 0.1) is 0 Å². The fourth-order valence-electron chi connectivity index (χ4n) is 1.15. The number of hydrogen-bond acceptors (Lipinski definition) is 2. The van der Waals surface area contributed by atoms with Gasteiger partial charge in [-0.15, -0.1) is 0 Å². The van der Waals surface area contributed by atoms with Gasteiger partial charge in [-0.05, 0) is 0 Å². The molecular weight excluding hydrogens is 175 g/mol. The molecule has 1 atom stereocenters. The van der Waals surface area contributed by atoms with E-state index in [1.165, 1.54) is 0 Å². The number of benzene rings is 1. The molecule has 1 aromatic carbocycles. The standard InChI is InChI=1S/C10H11O2.Na/c1-2-12-10(11)8-9-6-4-3-5-7-9;/h3-8H,2H2,1H3;. The van der Waals surface area contributed by atoms with Crippen molar-refractivity contribution in [2.75, 3.05) is 6.61 Å². The molecule has 2 nitrogen and oxygen atoms in total. The Morgan fingerprint density at radius 3 is 2.62 bits per heavy atom. The van der Waals surface area contributed by atoms with E-state index in [1.54, 1.807) is 0 Å². The first-order valence-corrected chi connectivity index (χ1v) is 5.62. The zero-order valence-corrected chi connectivity index (χ0v) is 9.99. The molecule has 0 bridgehead atoms. The molecule has 0 radical (unpaired) electrons. The molecule has 0 spiro atoms. The van der Waals surface area contributed by atoms with Gasteiger partial charge in [0.25, 0.3) is 0 Å². The van der Waals surface area contributed by atoms with Gasteiger partial charge in [0.05, 0.1) is 0 Å². The molecule has 0 saturated heterocycles. The van der Waals surface area contributed by atoms with E-state index >= 15 is 0 Å². The second kappa shape index (κ2) is 5.43. The number of hydrogen-bond donors (Lipinski definition) is 0. The van der Waals surface area contributed by atoms with E-state index in [1.807, 2.05) is 37.3 Å². The Morgan fingerprint density at radius 1 is 1.46 bits per heavy atom. The molecule has 64 valence electrons. The minimum atomic E-state index is -0.0969. The second-order valence-electron chi connectivity index (χ2n) is 2.88. The number of carbonyl (C=O) groups is 1. The Bertz CT molecular complexity index is 272. The van der Waals surface area contributed by atoms with Gasteiger partial charge < -0.3 is 0 Å². The van der Waals surface area contributed by atoms with Gasteiger partial charge in [0, 0.05) is 0 Å². The molecular formula is C10H11NaO2. The van der Waals surface area contributed by atoms with Crippen LogP contribution in [-0.4, -0.2) is 40.5 Å². The van der Waals surface area contributed by atoms with Crippen molar-refractivity contribution < 1.29 is 9.53 Å². The van der Waals surface area contributed by atoms with E-state index in [4.69, 9.17) is 4.74 Å². The van der Waals surface area contributed by atoms with Gasteiger partial charge in [0.1, 0.15) is 0 Å². The van der Waals surface area contributed by atoms with Crippen LogP contribution in [0.2, 0.25) is 0 Å². The molecule has 0 N–H and O–H groups in total. The van der Waals surface area contributed by atoms with Gasteiger partial charge >= 0.3 is 96.0 Å². The average molecular weight is 186 g/mol. The molecule has 0 amide bonds. The van der Waals surface area contributed by atoms with Gasteiger partial charge in [0.15, 0.2) is 0 Å². The summed E-state index contributed by atoms with van der Waals surface area (Å²) in [6, 6.07) is 9.77. The number of ether oxygens (including phenoxy) is 1. The molecule has 13 heavy (non-hydrogen) atoms. The van der Waals surface area contributed by atoms with Crippen molar-refractivity contribution >= 4 is 33.9 Å². The first-order valence-electron chi connectivity index (χ1n) is 4.47. The van der Waals surface area contributed by atoms with E-state index in [-0.39, 0.29) is 9.14 Å². The summed E-state index contributed by atoms with van der Waals surface area (Å²) in [5.41, 5.74) is 1.06. The summed E-state index contributed by atoms with van der Waals surface area (Å²) >= 11 is 0.800. The predicted octanol–water partition coefficient (Wildman–Crippen LogP) is 1.46.